The number of likely N-dealkylation sites (tertiary alicyclic amines) is 1. The van der Waals surface area contributed by atoms with Gasteiger partial charge in [-0.1, -0.05) is 0 Å². The Hall–Kier alpha value is -3.64. The van der Waals surface area contributed by atoms with Gasteiger partial charge in [0.2, 0.25) is 11.8 Å². The number of imidazole rings is 1. The normalized spacial score (nSPS) is 14.7. The van der Waals surface area contributed by atoms with Crippen molar-refractivity contribution >= 4 is 17.1 Å². The SMILES string of the molecule is Cn1c(=O)c2c(ncn2CC(=O)N2CC(Oc3ncccc3C(F)(F)F)C2)n(C)c1=O. The van der Waals surface area contributed by atoms with E-state index in [2.05, 4.69) is 9.97 Å². The molecular weight excluding hydrogens is 421 g/mol. The molecule has 0 unspecified atom stereocenters. The molecule has 0 N–H and O–H groups in total. The highest BCUT2D eigenvalue weighted by Gasteiger charge is 2.38. The molecule has 3 aromatic rings. The van der Waals surface area contributed by atoms with Crippen molar-refractivity contribution in [3.05, 3.63) is 51.1 Å². The van der Waals surface area contributed by atoms with Gasteiger partial charge >= 0.3 is 11.9 Å². The van der Waals surface area contributed by atoms with Gasteiger partial charge in [0.1, 0.15) is 18.2 Å². The highest BCUT2D eigenvalue weighted by molar-refractivity contribution is 5.79. The van der Waals surface area contributed by atoms with Gasteiger partial charge in [-0.3, -0.25) is 18.7 Å². The lowest BCUT2D eigenvalue weighted by molar-refractivity contribution is -0.145. The predicted octanol–water partition coefficient (Wildman–Crippen LogP) is 0.137. The molecule has 31 heavy (non-hydrogen) atoms. The number of amides is 1. The lowest BCUT2D eigenvalue weighted by Gasteiger charge is -2.39. The average Bonchev–Trinajstić information content (AvgIpc) is 3.10. The molecule has 0 saturated carbocycles. The van der Waals surface area contributed by atoms with Crippen LogP contribution < -0.4 is 16.0 Å². The Labute approximate surface area is 172 Å². The molecule has 4 rings (SSSR count). The van der Waals surface area contributed by atoms with E-state index in [1.807, 2.05) is 0 Å². The maximum absolute atomic E-state index is 13.0. The van der Waals surface area contributed by atoms with E-state index in [1.54, 1.807) is 0 Å². The lowest BCUT2D eigenvalue weighted by atomic mass is 10.1. The minimum absolute atomic E-state index is 0.0792. The Bertz CT molecular complexity index is 1290. The van der Waals surface area contributed by atoms with E-state index < -0.39 is 35.0 Å². The molecule has 1 aliphatic heterocycles. The molecule has 13 heteroatoms. The standard InChI is InChI=1S/C18H17F3N6O4/c1-24-14-13(16(29)25(2)17(24)30)27(9-23-14)8-12(28)26-6-10(7-26)31-15-11(18(19,20)21)4-3-5-22-15/h3-5,9-10H,6-8H2,1-2H3. The molecular formula is C18H17F3N6O4. The molecule has 164 valence electrons. The number of pyridine rings is 1. The van der Waals surface area contributed by atoms with Crippen molar-refractivity contribution in [2.24, 2.45) is 14.1 Å². The Morgan fingerprint density at radius 1 is 1.19 bits per heavy atom. The molecule has 10 nitrogen and oxygen atoms in total. The van der Waals surface area contributed by atoms with Crippen molar-refractivity contribution in [3.8, 4) is 5.88 Å². The highest BCUT2D eigenvalue weighted by Crippen LogP contribution is 2.35. The van der Waals surface area contributed by atoms with E-state index >= 15 is 0 Å². The molecule has 1 fully saturated rings. The third kappa shape index (κ3) is 3.55. The first-order chi connectivity index (χ1) is 14.6. The van der Waals surface area contributed by atoms with Crippen molar-refractivity contribution in [2.45, 2.75) is 18.8 Å². The topological polar surface area (TPSA) is 104 Å². The maximum Gasteiger partial charge on any atom is 0.421 e. The number of carbonyl (C=O) groups excluding carboxylic acids is 1. The summed E-state index contributed by atoms with van der Waals surface area (Å²) in [6.45, 7) is -0.0558. The largest absolute Gasteiger partial charge is 0.470 e. The van der Waals surface area contributed by atoms with E-state index in [-0.39, 0.29) is 36.7 Å². The first-order valence-electron chi connectivity index (χ1n) is 9.15. The van der Waals surface area contributed by atoms with Crippen LogP contribution in [0.5, 0.6) is 5.88 Å². The van der Waals surface area contributed by atoms with Gasteiger partial charge in [-0.25, -0.2) is 14.8 Å². The third-order valence-electron chi connectivity index (χ3n) is 5.08. The fraction of sp³-hybridized carbons (Fsp3) is 0.389. The van der Waals surface area contributed by atoms with Crippen LogP contribution in [-0.2, 0) is 31.6 Å². The third-order valence-corrected chi connectivity index (χ3v) is 5.08. The molecule has 0 spiro atoms. The van der Waals surface area contributed by atoms with E-state index in [1.165, 1.54) is 46.7 Å². The number of aromatic nitrogens is 5. The van der Waals surface area contributed by atoms with Gasteiger partial charge in [0, 0.05) is 20.3 Å². The second kappa shape index (κ2) is 7.25. The Morgan fingerprint density at radius 3 is 2.58 bits per heavy atom. The fourth-order valence-electron chi connectivity index (χ4n) is 3.34. The first-order valence-corrected chi connectivity index (χ1v) is 9.15. The predicted molar refractivity (Wildman–Crippen MR) is 100 cm³/mol. The van der Waals surface area contributed by atoms with Crippen LogP contribution in [0, 0.1) is 0 Å². The van der Waals surface area contributed by atoms with E-state index in [9.17, 15) is 27.6 Å². The molecule has 1 amide bonds. The molecule has 0 aromatic carbocycles. The van der Waals surface area contributed by atoms with Crippen LogP contribution >= 0.6 is 0 Å². The van der Waals surface area contributed by atoms with Crippen molar-refractivity contribution in [1.82, 2.24) is 28.6 Å². The molecule has 0 atom stereocenters. The van der Waals surface area contributed by atoms with E-state index in [0.29, 0.717) is 0 Å². The first kappa shape index (κ1) is 20.6. The number of nitrogens with zero attached hydrogens (tertiary/aromatic N) is 6. The maximum atomic E-state index is 13.0. The van der Waals surface area contributed by atoms with Gasteiger partial charge in [-0.15, -0.1) is 0 Å². The van der Waals surface area contributed by atoms with Crippen LogP contribution in [-0.4, -0.2) is 53.7 Å². The summed E-state index contributed by atoms with van der Waals surface area (Å²) >= 11 is 0. The van der Waals surface area contributed by atoms with Crippen LogP contribution in [0.1, 0.15) is 5.56 Å². The molecule has 1 saturated heterocycles. The summed E-state index contributed by atoms with van der Waals surface area (Å²) in [6.07, 6.45) is -2.74. The lowest BCUT2D eigenvalue weighted by Crippen LogP contribution is -2.57. The van der Waals surface area contributed by atoms with Crippen molar-refractivity contribution in [2.75, 3.05) is 13.1 Å². The highest BCUT2D eigenvalue weighted by atomic mass is 19.4. The number of hydrogen-bond acceptors (Lipinski definition) is 6. The van der Waals surface area contributed by atoms with Gasteiger partial charge in [-0.05, 0) is 12.1 Å². The van der Waals surface area contributed by atoms with Crippen LogP contribution in [0.15, 0.2) is 34.2 Å². The molecule has 0 bridgehead atoms. The van der Waals surface area contributed by atoms with E-state index in [4.69, 9.17) is 4.74 Å². The van der Waals surface area contributed by atoms with Gasteiger partial charge in [0.25, 0.3) is 5.56 Å². The summed E-state index contributed by atoms with van der Waals surface area (Å²) in [4.78, 5) is 46.0. The second-order valence-corrected chi connectivity index (χ2v) is 7.14. The van der Waals surface area contributed by atoms with Crippen molar-refractivity contribution in [1.29, 1.82) is 0 Å². The van der Waals surface area contributed by atoms with Crippen LogP contribution in [0.4, 0.5) is 13.2 Å². The molecule has 3 aromatic heterocycles. The number of carbonyl (C=O) groups is 1. The second-order valence-electron chi connectivity index (χ2n) is 7.14. The Morgan fingerprint density at radius 2 is 1.90 bits per heavy atom. The summed E-state index contributed by atoms with van der Waals surface area (Å²) in [6, 6.07) is 2.05. The van der Waals surface area contributed by atoms with Gasteiger partial charge in [0.05, 0.1) is 19.4 Å². The Kier molecular flexibility index (Phi) is 4.82. The van der Waals surface area contributed by atoms with Gasteiger partial charge < -0.3 is 14.2 Å². The zero-order valence-electron chi connectivity index (χ0n) is 16.5. The molecule has 4 heterocycles. The minimum Gasteiger partial charge on any atom is -0.470 e. The zero-order valence-corrected chi connectivity index (χ0v) is 16.5. The molecule has 0 aliphatic carbocycles. The van der Waals surface area contributed by atoms with Crippen molar-refractivity contribution in [3.63, 3.8) is 0 Å². The summed E-state index contributed by atoms with van der Waals surface area (Å²) in [5.41, 5.74) is -1.84. The monoisotopic (exact) mass is 438 g/mol. The number of fused-ring (bicyclic) bond motifs is 1. The molecule has 0 radical (unpaired) electrons. The van der Waals surface area contributed by atoms with Gasteiger partial charge in [-0.2, -0.15) is 13.2 Å². The minimum atomic E-state index is -4.60. The summed E-state index contributed by atoms with van der Waals surface area (Å²) < 4.78 is 47.9. The van der Waals surface area contributed by atoms with Crippen molar-refractivity contribution < 1.29 is 22.7 Å². The van der Waals surface area contributed by atoms with E-state index in [0.717, 1.165) is 10.6 Å². The van der Waals surface area contributed by atoms with Crippen LogP contribution in [0.2, 0.25) is 0 Å². The number of alkyl halides is 3. The fourth-order valence-corrected chi connectivity index (χ4v) is 3.34. The zero-order chi connectivity index (χ0) is 22.5. The Balaban J connectivity index is 1.45. The quantitative estimate of drug-likeness (QED) is 0.574. The van der Waals surface area contributed by atoms with Gasteiger partial charge in [0.15, 0.2) is 11.2 Å². The number of rotatable bonds is 4. The summed E-state index contributed by atoms with van der Waals surface area (Å²) in [5.74, 6) is -0.899. The number of halogens is 3. The average molecular weight is 438 g/mol. The number of aryl methyl sites for hydroxylation is 1. The van der Waals surface area contributed by atoms with Crippen LogP contribution in [0.3, 0.4) is 0 Å². The van der Waals surface area contributed by atoms with Crippen LogP contribution in [0.25, 0.3) is 11.2 Å². The summed E-state index contributed by atoms with van der Waals surface area (Å²) in [7, 11) is 2.79. The number of ether oxygens (including phenoxy) is 1. The number of hydrogen-bond donors (Lipinski definition) is 0. The summed E-state index contributed by atoms with van der Waals surface area (Å²) in [5, 5.41) is 0. The molecule has 1 aliphatic rings. The smallest absolute Gasteiger partial charge is 0.421 e.